The number of hydrogen-bond donors (Lipinski definition) is 0. The fourth-order valence-electron chi connectivity index (χ4n) is 4.18. The maximum absolute atomic E-state index is 13.5. The lowest BCUT2D eigenvalue weighted by Crippen LogP contribution is -2.38. The number of thioether (sulfide) groups is 1. The third kappa shape index (κ3) is 3.31. The number of aliphatic imine (C=N–C) groups is 1. The number of allylic oxidation sites excluding steroid dienone is 1. The van der Waals surface area contributed by atoms with Crippen molar-refractivity contribution in [2.75, 3.05) is 5.75 Å². The molecule has 0 radical (unpaired) electrons. The molecule has 0 N–H and O–H groups in total. The average molecular weight is 408 g/mol. The lowest BCUT2D eigenvalue weighted by molar-refractivity contribution is -0.125. The van der Waals surface area contributed by atoms with Gasteiger partial charge in [-0.1, -0.05) is 36.0 Å². The van der Waals surface area contributed by atoms with Crippen LogP contribution < -0.4 is 0 Å². The summed E-state index contributed by atoms with van der Waals surface area (Å²) in [5.74, 6) is -0.158. The van der Waals surface area contributed by atoms with Gasteiger partial charge in [0.15, 0.2) is 5.17 Å². The summed E-state index contributed by atoms with van der Waals surface area (Å²) in [5, 5.41) is 0.704. The number of carbonyl (C=O) groups is 1. The van der Waals surface area contributed by atoms with Gasteiger partial charge in [-0.2, -0.15) is 0 Å². The van der Waals surface area contributed by atoms with Gasteiger partial charge >= 0.3 is 0 Å². The predicted octanol–water partition coefficient (Wildman–Crippen LogP) is 5.47. The van der Waals surface area contributed by atoms with E-state index in [4.69, 9.17) is 4.99 Å². The number of amides is 1. The molecule has 1 fully saturated rings. The lowest BCUT2D eigenvalue weighted by atomic mass is 9.83. The largest absolute Gasteiger partial charge is 0.279 e. The number of amidine groups is 1. The minimum absolute atomic E-state index is 0.0317. The number of nitrogens with zero attached hydrogens (tertiary/aromatic N) is 2. The lowest BCUT2D eigenvalue weighted by Gasteiger charge is -2.37. The summed E-state index contributed by atoms with van der Waals surface area (Å²) in [6.07, 6.45) is 4.71. The Kier molecular flexibility index (Phi) is 4.59. The fourth-order valence-corrected chi connectivity index (χ4v) is 5.08. The first kappa shape index (κ1) is 18.3. The van der Waals surface area contributed by atoms with Crippen LogP contribution in [-0.4, -0.2) is 21.7 Å². The number of carbonyl (C=O) groups excluding carboxylic acids is 1. The summed E-state index contributed by atoms with van der Waals surface area (Å²) in [7, 11) is 0. The second-order valence-corrected chi connectivity index (χ2v) is 8.29. The molecule has 1 atom stereocenters. The van der Waals surface area contributed by atoms with Crippen molar-refractivity contribution in [3.8, 4) is 0 Å². The van der Waals surface area contributed by atoms with Crippen LogP contribution in [0.25, 0.3) is 6.08 Å². The smallest absolute Gasteiger partial charge is 0.239 e. The van der Waals surface area contributed by atoms with Gasteiger partial charge in [0, 0.05) is 0 Å². The van der Waals surface area contributed by atoms with Gasteiger partial charge < -0.3 is 0 Å². The summed E-state index contributed by atoms with van der Waals surface area (Å²) in [5.41, 5.74) is 4.92. The summed E-state index contributed by atoms with van der Waals surface area (Å²) < 4.78 is 26.8. The van der Waals surface area contributed by atoms with Crippen molar-refractivity contribution in [3.05, 3.63) is 88.1 Å². The van der Waals surface area contributed by atoms with E-state index in [1.54, 1.807) is 29.2 Å². The van der Waals surface area contributed by atoms with Gasteiger partial charge in [-0.05, 0) is 71.9 Å². The molecular formula is C23H18F2N2OS. The molecule has 0 bridgehead atoms. The van der Waals surface area contributed by atoms with Crippen molar-refractivity contribution in [2.45, 2.75) is 25.3 Å². The molecule has 146 valence electrons. The maximum Gasteiger partial charge on any atom is 0.239 e. The zero-order chi connectivity index (χ0) is 20.0. The van der Waals surface area contributed by atoms with E-state index in [2.05, 4.69) is 6.08 Å². The molecule has 0 spiro atoms. The molecule has 2 aromatic carbocycles. The van der Waals surface area contributed by atoms with Crippen molar-refractivity contribution < 1.29 is 13.6 Å². The molecule has 6 heteroatoms. The van der Waals surface area contributed by atoms with E-state index >= 15 is 0 Å². The average Bonchev–Trinajstić information content (AvgIpc) is 3.10. The highest BCUT2D eigenvalue weighted by Crippen LogP contribution is 2.47. The highest BCUT2D eigenvalue weighted by atomic mass is 32.2. The summed E-state index contributed by atoms with van der Waals surface area (Å²) in [6.45, 7) is 0. The molecule has 5 rings (SSSR count). The number of rotatable bonds is 2. The van der Waals surface area contributed by atoms with Crippen LogP contribution in [0.5, 0.6) is 0 Å². The summed E-state index contributed by atoms with van der Waals surface area (Å²) in [6, 6.07) is 12.5. The minimum Gasteiger partial charge on any atom is -0.279 e. The first-order valence-corrected chi connectivity index (χ1v) is 10.6. The molecule has 2 aliphatic heterocycles. The Bertz CT molecular complexity index is 1070. The predicted molar refractivity (Wildman–Crippen MR) is 111 cm³/mol. The third-order valence-corrected chi connectivity index (χ3v) is 6.43. The van der Waals surface area contributed by atoms with Gasteiger partial charge in [-0.3, -0.25) is 9.69 Å². The van der Waals surface area contributed by atoms with E-state index in [0.717, 1.165) is 47.2 Å². The van der Waals surface area contributed by atoms with E-state index < -0.39 is 0 Å². The molecule has 29 heavy (non-hydrogen) atoms. The molecule has 1 aliphatic carbocycles. The monoisotopic (exact) mass is 408 g/mol. The van der Waals surface area contributed by atoms with Gasteiger partial charge in [0.1, 0.15) is 11.6 Å². The molecular weight excluding hydrogens is 390 g/mol. The van der Waals surface area contributed by atoms with E-state index in [1.807, 2.05) is 0 Å². The molecule has 0 unspecified atom stereocenters. The van der Waals surface area contributed by atoms with Gasteiger partial charge in [0.2, 0.25) is 5.91 Å². The second kappa shape index (κ2) is 7.26. The van der Waals surface area contributed by atoms with E-state index in [1.165, 1.54) is 36.0 Å². The Labute approximate surface area is 171 Å². The molecule has 2 heterocycles. The van der Waals surface area contributed by atoms with Crippen LogP contribution in [0.15, 0.2) is 70.4 Å². The highest BCUT2D eigenvalue weighted by molar-refractivity contribution is 8.15. The fraction of sp³-hybridized carbons (Fsp3) is 0.217. The standard InChI is InChI=1S/C23H18F2N2OS/c24-17-8-4-14(5-9-17)12-16-2-1-3-19-21(16)26-23-27(20(28)13-29-23)22(19)15-6-10-18(25)11-7-15/h4-12,22H,1-3,13H2/b16-12-/t22-/m1/s1. The minimum atomic E-state index is -0.296. The topological polar surface area (TPSA) is 32.7 Å². The van der Waals surface area contributed by atoms with Crippen molar-refractivity contribution >= 4 is 28.9 Å². The normalized spacial score (nSPS) is 22.6. The Hall–Kier alpha value is -2.73. The van der Waals surface area contributed by atoms with Gasteiger partial charge in [-0.25, -0.2) is 13.8 Å². The van der Waals surface area contributed by atoms with Crippen LogP contribution in [0.2, 0.25) is 0 Å². The van der Waals surface area contributed by atoms with Crippen LogP contribution >= 0.6 is 11.8 Å². The molecule has 3 nitrogen and oxygen atoms in total. The first-order valence-electron chi connectivity index (χ1n) is 9.59. The molecule has 0 saturated carbocycles. The Morgan fingerprint density at radius 3 is 2.41 bits per heavy atom. The van der Waals surface area contributed by atoms with Gasteiger partial charge in [-0.15, -0.1) is 0 Å². The molecule has 3 aliphatic rings. The zero-order valence-electron chi connectivity index (χ0n) is 15.6. The maximum atomic E-state index is 13.5. The molecule has 0 aromatic heterocycles. The van der Waals surface area contributed by atoms with Crippen LogP contribution in [0, 0.1) is 11.6 Å². The van der Waals surface area contributed by atoms with Gasteiger partial charge in [0.25, 0.3) is 0 Å². The molecule has 2 aromatic rings. The van der Waals surface area contributed by atoms with Crippen LogP contribution in [0.4, 0.5) is 8.78 Å². The molecule has 1 amide bonds. The SMILES string of the molecule is O=C1CSC2=NC3=C(CCC/C3=C/c3ccc(F)cc3)[C@@H](c3ccc(F)cc3)N12. The number of fused-ring (bicyclic) bond motifs is 1. The van der Waals surface area contributed by atoms with Gasteiger partial charge in [0.05, 0.1) is 17.5 Å². The summed E-state index contributed by atoms with van der Waals surface area (Å²) >= 11 is 1.44. The first-order chi connectivity index (χ1) is 14.1. The number of halogens is 2. The van der Waals surface area contributed by atoms with Crippen molar-refractivity contribution in [3.63, 3.8) is 0 Å². The van der Waals surface area contributed by atoms with Crippen LogP contribution in [0.3, 0.4) is 0 Å². The van der Waals surface area contributed by atoms with E-state index in [0.29, 0.717) is 10.9 Å². The zero-order valence-corrected chi connectivity index (χ0v) is 16.4. The van der Waals surface area contributed by atoms with Crippen molar-refractivity contribution in [2.24, 2.45) is 4.99 Å². The third-order valence-electron chi connectivity index (χ3n) is 5.49. The van der Waals surface area contributed by atoms with Crippen LogP contribution in [0.1, 0.15) is 36.4 Å². The summed E-state index contributed by atoms with van der Waals surface area (Å²) in [4.78, 5) is 19.2. The number of benzene rings is 2. The Morgan fingerprint density at radius 1 is 1.00 bits per heavy atom. The number of hydrogen-bond acceptors (Lipinski definition) is 3. The second-order valence-electron chi connectivity index (χ2n) is 7.35. The Morgan fingerprint density at radius 2 is 1.69 bits per heavy atom. The van der Waals surface area contributed by atoms with Crippen molar-refractivity contribution in [1.29, 1.82) is 0 Å². The Balaban J connectivity index is 1.64. The van der Waals surface area contributed by atoms with Crippen molar-refractivity contribution in [1.82, 2.24) is 4.90 Å². The quantitative estimate of drug-likeness (QED) is 0.660. The highest BCUT2D eigenvalue weighted by Gasteiger charge is 2.42. The van der Waals surface area contributed by atoms with E-state index in [9.17, 15) is 13.6 Å². The van der Waals surface area contributed by atoms with E-state index in [-0.39, 0.29) is 23.6 Å². The van der Waals surface area contributed by atoms with Crippen LogP contribution in [-0.2, 0) is 4.79 Å². The molecule has 1 saturated heterocycles.